The Morgan fingerprint density at radius 3 is 1.86 bits per heavy atom. The first-order chi connectivity index (χ1) is 28.7. The number of benzene rings is 9. The number of thiophene rings is 1. The van der Waals surface area contributed by atoms with Crippen molar-refractivity contribution in [2.75, 3.05) is 0 Å². The van der Waals surface area contributed by atoms with E-state index in [1.165, 1.54) is 53.2 Å². The van der Waals surface area contributed by atoms with Gasteiger partial charge < -0.3 is 13.4 Å². The Kier molecular flexibility index (Phi) is 6.60. The second-order valence-corrected chi connectivity index (χ2v) is 16.3. The Bertz CT molecular complexity index is 3800. The summed E-state index contributed by atoms with van der Waals surface area (Å²) in [7, 11) is 0. The molecule has 9 aromatic carbocycles. The van der Waals surface area contributed by atoms with E-state index in [0.29, 0.717) is 0 Å². The quantitative estimate of drug-likeness (QED) is 0.179. The van der Waals surface area contributed by atoms with Crippen LogP contribution >= 0.6 is 11.3 Å². The molecule has 0 amide bonds. The lowest BCUT2D eigenvalue weighted by Gasteiger charge is -2.13. The SMILES string of the molecule is c1ccc(-c2ccc3c(c2)sc2cccc(-c4cc(-n5c6ccccc6c6cc(-c7ccc8oc9ccccc9c8c7)ccc65)cc5oc6ccccc6c45)c23)cc1. The largest absolute Gasteiger partial charge is 0.456 e. The average Bonchev–Trinajstić information content (AvgIpc) is 4.04. The van der Waals surface area contributed by atoms with Gasteiger partial charge in [-0.3, -0.25) is 0 Å². The maximum atomic E-state index is 6.74. The molecule has 0 spiro atoms. The third kappa shape index (κ3) is 4.61. The minimum absolute atomic E-state index is 0.875. The molecule has 270 valence electrons. The summed E-state index contributed by atoms with van der Waals surface area (Å²) < 4.78 is 17.9. The number of para-hydroxylation sites is 3. The molecule has 0 fully saturated rings. The third-order valence-corrected chi connectivity index (χ3v) is 13.1. The van der Waals surface area contributed by atoms with E-state index in [1.54, 1.807) is 0 Å². The van der Waals surface area contributed by atoms with E-state index in [2.05, 4.69) is 180 Å². The van der Waals surface area contributed by atoms with Gasteiger partial charge in [0.2, 0.25) is 0 Å². The van der Waals surface area contributed by atoms with Crippen LogP contribution in [0.25, 0.3) is 125 Å². The predicted octanol–water partition coefficient (Wildman–Crippen LogP) is 16.0. The summed E-state index contributed by atoms with van der Waals surface area (Å²) in [4.78, 5) is 0. The van der Waals surface area contributed by atoms with Crippen LogP contribution in [-0.4, -0.2) is 4.57 Å². The van der Waals surface area contributed by atoms with Gasteiger partial charge >= 0.3 is 0 Å². The molecular formula is C54H31NO2S. The van der Waals surface area contributed by atoms with E-state index in [-0.39, 0.29) is 0 Å². The lowest BCUT2D eigenvalue weighted by molar-refractivity contribution is 0.668. The summed E-state index contributed by atoms with van der Waals surface area (Å²) >= 11 is 1.86. The number of hydrogen-bond donors (Lipinski definition) is 0. The fourth-order valence-corrected chi connectivity index (χ4v) is 10.5. The van der Waals surface area contributed by atoms with Crippen molar-refractivity contribution >= 4 is 97.2 Å². The zero-order chi connectivity index (χ0) is 37.9. The molecule has 0 radical (unpaired) electrons. The molecule has 4 aromatic heterocycles. The molecule has 13 aromatic rings. The van der Waals surface area contributed by atoms with Crippen molar-refractivity contribution in [3.8, 4) is 39.1 Å². The molecule has 3 nitrogen and oxygen atoms in total. The highest BCUT2D eigenvalue weighted by atomic mass is 32.1. The molecule has 4 heterocycles. The van der Waals surface area contributed by atoms with Gasteiger partial charge in [0, 0.05) is 58.6 Å². The number of fused-ring (bicyclic) bond motifs is 12. The summed E-state index contributed by atoms with van der Waals surface area (Å²) in [6.07, 6.45) is 0. The molecule has 58 heavy (non-hydrogen) atoms. The Hall–Kier alpha value is -7.40. The first-order valence-corrected chi connectivity index (χ1v) is 20.5. The maximum absolute atomic E-state index is 6.74. The topological polar surface area (TPSA) is 31.2 Å². The van der Waals surface area contributed by atoms with Gasteiger partial charge in [0.1, 0.15) is 22.3 Å². The summed E-state index contributed by atoms with van der Waals surface area (Å²) in [6.45, 7) is 0. The standard InChI is InChI=1S/C54H31NO2S/c1-2-11-32(12-3-1)35-21-24-41-52(29-35)58-51-20-10-16-39(54(41)51)44-30-36(31-50-53(44)40-15-6-9-19-48(40)57-50)55-45-17-7-4-13-37(45)42-27-33(22-25-46(42)55)34-23-26-49-43(28-34)38-14-5-8-18-47(38)56-49/h1-31H. The molecule has 0 saturated carbocycles. The molecule has 0 bridgehead atoms. The number of hydrogen-bond acceptors (Lipinski definition) is 3. The lowest BCUT2D eigenvalue weighted by atomic mass is 9.94. The van der Waals surface area contributed by atoms with Gasteiger partial charge in [0.25, 0.3) is 0 Å². The molecule has 4 heteroatoms. The smallest absolute Gasteiger partial charge is 0.138 e. The molecule has 0 unspecified atom stereocenters. The second kappa shape index (κ2) is 12.1. The van der Waals surface area contributed by atoms with Crippen LogP contribution in [0.2, 0.25) is 0 Å². The highest BCUT2D eigenvalue weighted by molar-refractivity contribution is 7.26. The predicted molar refractivity (Wildman–Crippen MR) is 245 cm³/mol. The van der Waals surface area contributed by atoms with Crippen molar-refractivity contribution in [1.82, 2.24) is 4.57 Å². The molecule has 0 aliphatic rings. The number of aromatic nitrogens is 1. The van der Waals surface area contributed by atoms with Gasteiger partial charge in [0.05, 0.1) is 16.7 Å². The van der Waals surface area contributed by atoms with Crippen molar-refractivity contribution in [3.63, 3.8) is 0 Å². The van der Waals surface area contributed by atoms with Crippen molar-refractivity contribution in [3.05, 3.63) is 188 Å². The van der Waals surface area contributed by atoms with Crippen LogP contribution in [0, 0.1) is 0 Å². The monoisotopic (exact) mass is 757 g/mol. The van der Waals surface area contributed by atoms with Gasteiger partial charge in [-0.15, -0.1) is 11.3 Å². The Balaban J connectivity index is 1.05. The molecule has 0 aliphatic heterocycles. The molecule has 0 N–H and O–H groups in total. The van der Waals surface area contributed by atoms with Gasteiger partial charge in [-0.05, 0) is 94.0 Å². The highest BCUT2D eigenvalue weighted by Gasteiger charge is 2.21. The van der Waals surface area contributed by atoms with Crippen LogP contribution < -0.4 is 0 Å². The van der Waals surface area contributed by atoms with E-state index in [1.807, 2.05) is 23.5 Å². The van der Waals surface area contributed by atoms with Crippen LogP contribution in [0.3, 0.4) is 0 Å². The summed E-state index contributed by atoms with van der Waals surface area (Å²) in [5.74, 6) is 0. The summed E-state index contributed by atoms with van der Waals surface area (Å²) in [5, 5.41) is 9.49. The van der Waals surface area contributed by atoms with E-state index in [9.17, 15) is 0 Å². The van der Waals surface area contributed by atoms with Gasteiger partial charge in [-0.2, -0.15) is 0 Å². The molecule has 0 saturated heterocycles. The Morgan fingerprint density at radius 1 is 0.328 bits per heavy atom. The second-order valence-electron chi connectivity index (χ2n) is 15.2. The Labute approximate surface area is 336 Å². The van der Waals surface area contributed by atoms with E-state index < -0.39 is 0 Å². The van der Waals surface area contributed by atoms with Crippen molar-refractivity contribution in [1.29, 1.82) is 0 Å². The maximum Gasteiger partial charge on any atom is 0.138 e. The van der Waals surface area contributed by atoms with Crippen LogP contribution in [-0.2, 0) is 0 Å². The Morgan fingerprint density at radius 2 is 0.983 bits per heavy atom. The van der Waals surface area contributed by atoms with Crippen LogP contribution in [0.1, 0.15) is 0 Å². The summed E-state index contributed by atoms with van der Waals surface area (Å²) in [5.41, 5.74) is 14.1. The van der Waals surface area contributed by atoms with Crippen LogP contribution in [0.4, 0.5) is 0 Å². The minimum Gasteiger partial charge on any atom is -0.456 e. The molecular weight excluding hydrogens is 727 g/mol. The molecule has 0 aliphatic carbocycles. The number of rotatable bonds is 4. The molecule has 0 atom stereocenters. The average molecular weight is 758 g/mol. The zero-order valence-corrected chi connectivity index (χ0v) is 31.9. The fraction of sp³-hybridized carbons (Fsp3) is 0. The van der Waals surface area contributed by atoms with Crippen molar-refractivity contribution < 1.29 is 8.83 Å². The lowest BCUT2D eigenvalue weighted by Crippen LogP contribution is -1.95. The van der Waals surface area contributed by atoms with Crippen molar-refractivity contribution in [2.24, 2.45) is 0 Å². The normalized spacial score (nSPS) is 12.1. The summed E-state index contributed by atoms with van der Waals surface area (Å²) in [6, 6.07) is 67.8. The van der Waals surface area contributed by atoms with E-state index in [4.69, 9.17) is 8.83 Å². The highest BCUT2D eigenvalue weighted by Crippen LogP contribution is 2.47. The first kappa shape index (κ1) is 31.8. The van der Waals surface area contributed by atoms with Crippen LogP contribution in [0.15, 0.2) is 197 Å². The van der Waals surface area contributed by atoms with Gasteiger partial charge in [-0.1, -0.05) is 121 Å². The number of furan rings is 2. The van der Waals surface area contributed by atoms with Crippen LogP contribution in [0.5, 0.6) is 0 Å². The zero-order valence-electron chi connectivity index (χ0n) is 31.1. The fourth-order valence-electron chi connectivity index (χ4n) is 9.38. The van der Waals surface area contributed by atoms with E-state index >= 15 is 0 Å². The first-order valence-electron chi connectivity index (χ1n) is 19.7. The van der Waals surface area contributed by atoms with E-state index in [0.717, 1.165) is 71.7 Å². The van der Waals surface area contributed by atoms with Gasteiger partial charge in [0.15, 0.2) is 0 Å². The van der Waals surface area contributed by atoms with Gasteiger partial charge in [-0.25, -0.2) is 0 Å². The number of nitrogens with zero attached hydrogens (tertiary/aromatic N) is 1. The van der Waals surface area contributed by atoms with Crippen molar-refractivity contribution in [2.45, 2.75) is 0 Å². The minimum atomic E-state index is 0.875. The third-order valence-electron chi connectivity index (χ3n) is 12.0. The molecule has 13 rings (SSSR count).